The van der Waals surface area contributed by atoms with Crippen molar-refractivity contribution in [2.45, 2.75) is 6.42 Å². The standard InChI is InChI=1S/C23H22N4O3/c1-29-21-12-22(30-2)17(13-7-8-18(24)19(25)10-13)9-14(21)11-20-15-5-3-4-6-16(15)23(28)27-26-20/h3-10,12H,11,24-25H2,1-2H3,(H,27,28). The molecule has 0 bridgehead atoms. The monoisotopic (exact) mass is 402 g/mol. The molecule has 0 atom stereocenters. The maximum atomic E-state index is 12.1. The normalized spacial score (nSPS) is 10.9. The van der Waals surface area contributed by atoms with E-state index in [2.05, 4.69) is 10.2 Å². The van der Waals surface area contributed by atoms with E-state index in [9.17, 15) is 4.79 Å². The number of hydrogen-bond acceptors (Lipinski definition) is 6. The van der Waals surface area contributed by atoms with Gasteiger partial charge in [0.1, 0.15) is 11.5 Å². The summed E-state index contributed by atoms with van der Waals surface area (Å²) in [7, 11) is 3.22. The number of aromatic amines is 1. The van der Waals surface area contributed by atoms with Crippen molar-refractivity contribution in [1.29, 1.82) is 0 Å². The molecule has 0 fully saturated rings. The molecule has 7 heteroatoms. The Morgan fingerprint density at radius 2 is 1.63 bits per heavy atom. The maximum absolute atomic E-state index is 12.1. The van der Waals surface area contributed by atoms with Crippen LogP contribution in [0.2, 0.25) is 0 Å². The highest BCUT2D eigenvalue weighted by Crippen LogP contribution is 2.38. The fourth-order valence-corrected chi connectivity index (χ4v) is 3.56. The van der Waals surface area contributed by atoms with Crippen LogP contribution >= 0.6 is 0 Å². The summed E-state index contributed by atoms with van der Waals surface area (Å²) >= 11 is 0. The summed E-state index contributed by atoms with van der Waals surface area (Å²) in [5.74, 6) is 1.31. The number of aromatic nitrogens is 2. The number of hydrogen-bond donors (Lipinski definition) is 3. The minimum absolute atomic E-state index is 0.214. The van der Waals surface area contributed by atoms with Gasteiger partial charge in [-0.1, -0.05) is 24.3 Å². The van der Waals surface area contributed by atoms with Gasteiger partial charge in [0.15, 0.2) is 0 Å². The van der Waals surface area contributed by atoms with Crippen molar-refractivity contribution >= 4 is 22.1 Å². The lowest BCUT2D eigenvalue weighted by atomic mass is 9.97. The van der Waals surface area contributed by atoms with Gasteiger partial charge in [-0.2, -0.15) is 5.10 Å². The SMILES string of the molecule is COc1cc(OC)c(-c2ccc(N)c(N)c2)cc1Cc1n[nH]c(=O)c2ccccc12. The number of nitrogen functional groups attached to an aromatic ring is 2. The number of ether oxygens (including phenoxy) is 2. The van der Waals surface area contributed by atoms with Gasteiger partial charge in [0.05, 0.1) is 36.7 Å². The molecule has 1 aromatic heterocycles. The van der Waals surface area contributed by atoms with Crippen molar-refractivity contribution in [2.24, 2.45) is 0 Å². The molecule has 30 heavy (non-hydrogen) atoms. The van der Waals surface area contributed by atoms with Crippen molar-refractivity contribution in [3.63, 3.8) is 0 Å². The number of anilines is 2. The molecule has 0 radical (unpaired) electrons. The third-order valence-electron chi connectivity index (χ3n) is 5.13. The Morgan fingerprint density at radius 3 is 2.33 bits per heavy atom. The van der Waals surface area contributed by atoms with Gasteiger partial charge >= 0.3 is 0 Å². The molecular weight excluding hydrogens is 380 g/mol. The fraction of sp³-hybridized carbons (Fsp3) is 0.130. The summed E-state index contributed by atoms with van der Waals surface area (Å²) in [5.41, 5.74) is 16.1. The molecule has 3 aromatic carbocycles. The van der Waals surface area contributed by atoms with Gasteiger partial charge in [0.25, 0.3) is 5.56 Å². The second kappa shape index (κ2) is 7.79. The zero-order valence-corrected chi connectivity index (χ0v) is 16.7. The van der Waals surface area contributed by atoms with E-state index in [4.69, 9.17) is 20.9 Å². The molecule has 1 heterocycles. The van der Waals surface area contributed by atoms with Crippen LogP contribution in [0.3, 0.4) is 0 Å². The third kappa shape index (κ3) is 3.41. The number of nitrogens with two attached hydrogens (primary N) is 2. The van der Waals surface area contributed by atoms with Crippen LogP contribution in [0.4, 0.5) is 11.4 Å². The zero-order chi connectivity index (χ0) is 21.3. The van der Waals surface area contributed by atoms with Crippen molar-refractivity contribution < 1.29 is 9.47 Å². The van der Waals surface area contributed by atoms with Crippen LogP contribution in [0, 0.1) is 0 Å². The zero-order valence-electron chi connectivity index (χ0n) is 16.7. The molecule has 0 spiro atoms. The highest BCUT2D eigenvalue weighted by Gasteiger charge is 2.16. The molecule has 4 rings (SSSR count). The van der Waals surface area contributed by atoms with E-state index >= 15 is 0 Å². The Labute approximate surface area is 173 Å². The minimum Gasteiger partial charge on any atom is -0.496 e. The average molecular weight is 402 g/mol. The van der Waals surface area contributed by atoms with Crippen molar-refractivity contribution in [2.75, 3.05) is 25.7 Å². The van der Waals surface area contributed by atoms with Crippen molar-refractivity contribution in [3.8, 4) is 22.6 Å². The molecule has 0 saturated heterocycles. The smallest absolute Gasteiger partial charge is 0.272 e. The van der Waals surface area contributed by atoms with Gasteiger partial charge in [-0.05, 0) is 29.8 Å². The Kier molecular flexibility index (Phi) is 5.02. The average Bonchev–Trinajstić information content (AvgIpc) is 2.77. The summed E-state index contributed by atoms with van der Waals surface area (Å²) in [6.45, 7) is 0. The molecule has 152 valence electrons. The van der Waals surface area contributed by atoms with E-state index in [-0.39, 0.29) is 5.56 Å². The summed E-state index contributed by atoms with van der Waals surface area (Å²) in [6, 6.07) is 16.7. The molecular formula is C23H22N4O3. The Bertz CT molecular complexity index is 1300. The molecule has 4 aromatic rings. The van der Waals surface area contributed by atoms with Crippen LogP contribution in [0.1, 0.15) is 11.3 Å². The van der Waals surface area contributed by atoms with E-state index in [1.54, 1.807) is 26.4 Å². The number of methoxy groups -OCH3 is 2. The Hall–Kier alpha value is -4.00. The lowest BCUT2D eigenvalue weighted by molar-refractivity contribution is 0.392. The van der Waals surface area contributed by atoms with Gasteiger partial charge in [-0.15, -0.1) is 0 Å². The predicted molar refractivity (Wildman–Crippen MR) is 119 cm³/mol. The molecule has 0 aliphatic rings. The Balaban J connectivity index is 1.87. The van der Waals surface area contributed by atoms with Crippen LogP contribution in [0.15, 0.2) is 59.4 Å². The molecule has 0 aliphatic carbocycles. The first kappa shape index (κ1) is 19.3. The first-order valence-corrected chi connectivity index (χ1v) is 9.38. The second-order valence-corrected chi connectivity index (χ2v) is 6.93. The number of fused-ring (bicyclic) bond motifs is 1. The first-order valence-electron chi connectivity index (χ1n) is 9.38. The van der Waals surface area contributed by atoms with E-state index in [1.165, 1.54) is 0 Å². The van der Waals surface area contributed by atoms with Gasteiger partial charge in [-0.3, -0.25) is 4.79 Å². The second-order valence-electron chi connectivity index (χ2n) is 6.93. The van der Waals surface area contributed by atoms with Crippen LogP contribution in [0.5, 0.6) is 11.5 Å². The highest BCUT2D eigenvalue weighted by atomic mass is 16.5. The number of rotatable bonds is 5. The maximum Gasteiger partial charge on any atom is 0.272 e. The third-order valence-corrected chi connectivity index (χ3v) is 5.13. The van der Waals surface area contributed by atoms with E-state index in [0.717, 1.165) is 27.8 Å². The fourth-order valence-electron chi connectivity index (χ4n) is 3.56. The molecule has 5 N–H and O–H groups in total. The Morgan fingerprint density at radius 1 is 0.900 bits per heavy atom. The largest absolute Gasteiger partial charge is 0.496 e. The van der Waals surface area contributed by atoms with Gasteiger partial charge in [0.2, 0.25) is 0 Å². The van der Waals surface area contributed by atoms with Gasteiger partial charge in [-0.25, -0.2) is 5.10 Å². The van der Waals surface area contributed by atoms with E-state index in [0.29, 0.717) is 34.7 Å². The van der Waals surface area contributed by atoms with Crippen LogP contribution in [-0.4, -0.2) is 24.4 Å². The van der Waals surface area contributed by atoms with E-state index < -0.39 is 0 Å². The van der Waals surface area contributed by atoms with Crippen molar-refractivity contribution in [1.82, 2.24) is 10.2 Å². The number of nitrogens with zero attached hydrogens (tertiary/aromatic N) is 1. The van der Waals surface area contributed by atoms with Crippen LogP contribution < -0.4 is 26.5 Å². The van der Waals surface area contributed by atoms with Gasteiger partial charge in [0, 0.05) is 29.0 Å². The first-order chi connectivity index (χ1) is 14.5. The summed E-state index contributed by atoms with van der Waals surface area (Å²) in [5, 5.41) is 8.27. The molecule has 0 aliphatic heterocycles. The lowest BCUT2D eigenvalue weighted by Crippen LogP contribution is -2.11. The quantitative estimate of drug-likeness (QED) is 0.441. The highest BCUT2D eigenvalue weighted by molar-refractivity contribution is 5.84. The molecule has 0 saturated carbocycles. The molecule has 0 unspecified atom stereocenters. The van der Waals surface area contributed by atoms with Crippen LogP contribution in [0.25, 0.3) is 21.9 Å². The number of nitrogens with one attached hydrogen (secondary N) is 1. The minimum atomic E-state index is -0.214. The lowest BCUT2D eigenvalue weighted by Gasteiger charge is -2.16. The number of H-pyrrole nitrogens is 1. The summed E-state index contributed by atoms with van der Waals surface area (Å²) in [4.78, 5) is 12.1. The number of benzene rings is 3. The molecule has 7 nitrogen and oxygen atoms in total. The van der Waals surface area contributed by atoms with Crippen LogP contribution in [-0.2, 0) is 6.42 Å². The summed E-state index contributed by atoms with van der Waals surface area (Å²) < 4.78 is 11.2. The van der Waals surface area contributed by atoms with Crippen molar-refractivity contribution in [3.05, 3.63) is 76.2 Å². The summed E-state index contributed by atoms with van der Waals surface area (Å²) in [6.07, 6.45) is 0.460. The van der Waals surface area contributed by atoms with Gasteiger partial charge < -0.3 is 20.9 Å². The van der Waals surface area contributed by atoms with E-state index in [1.807, 2.05) is 42.5 Å². The topological polar surface area (TPSA) is 116 Å². The molecule has 0 amide bonds. The predicted octanol–water partition coefficient (Wildman–Crippen LogP) is 3.36.